The van der Waals surface area contributed by atoms with Crippen LogP contribution < -0.4 is 27.8 Å². The van der Waals surface area contributed by atoms with Crippen LogP contribution in [0.15, 0.2) is 31.6 Å². The molecular formula is C25H36N5O13P. The fourth-order valence-electron chi connectivity index (χ4n) is 5.43. The van der Waals surface area contributed by atoms with Crippen LogP contribution in [-0.4, -0.2) is 84.6 Å². The zero-order valence-electron chi connectivity index (χ0n) is 24.4. The van der Waals surface area contributed by atoms with Gasteiger partial charge in [0.25, 0.3) is 11.1 Å². The zero-order valence-corrected chi connectivity index (χ0v) is 25.3. The summed E-state index contributed by atoms with van der Waals surface area (Å²) in [6.45, 7) is 3.96. The summed E-state index contributed by atoms with van der Waals surface area (Å²) in [5, 5.41) is 13.5. The molecule has 2 aromatic heterocycles. The summed E-state index contributed by atoms with van der Waals surface area (Å²) in [4.78, 5) is 84.2. The molecule has 44 heavy (non-hydrogen) atoms. The minimum atomic E-state index is -4.85. The number of methoxy groups -OCH3 is 1. The van der Waals surface area contributed by atoms with E-state index >= 15 is 0 Å². The Kier molecular flexibility index (Phi) is 10.3. The van der Waals surface area contributed by atoms with E-state index in [9.17, 15) is 43.4 Å². The Morgan fingerprint density at radius 2 is 1.66 bits per heavy atom. The average Bonchev–Trinajstić information content (AvgIpc) is 3.49. The number of aromatic nitrogens is 4. The van der Waals surface area contributed by atoms with Crippen LogP contribution in [-0.2, 0) is 28.1 Å². The number of ether oxygens (including phenoxy) is 3. The van der Waals surface area contributed by atoms with Crippen molar-refractivity contribution in [2.24, 2.45) is 11.8 Å². The van der Waals surface area contributed by atoms with Crippen LogP contribution in [0, 0.1) is 25.7 Å². The molecule has 4 rings (SSSR count). The molecule has 0 spiro atoms. The van der Waals surface area contributed by atoms with E-state index in [4.69, 9.17) is 14.2 Å². The first-order valence-electron chi connectivity index (χ1n) is 13.7. The first-order valence-corrected chi connectivity index (χ1v) is 15.3. The van der Waals surface area contributed by atoms with Gasteiger partial charge >= 0.3 is 19.2 Å². The Labute approximate surface area is 249 Å². The topological polar surface area (TPSA) is 253 Å². The summed E-state index contributed by atoms with van der Waals surface area (Å²) < 4.78 is 35.4. The lowest BCUT2D eigenvalue weighted by Crippen LogP contribution is -2.42. The minimum Gasteiger partial charge on any atom is -0.387 e. The van der Waals surface area contributed by atoms with Crippen LogP contribution in [0.1, 0.15) is 43.3 Å². The highest BCUT2D eigenvalue weighted by atomic mass is 31.2. The van der Waals surface area contributed by atoms with Crippen molar-refractivity contribution < 1.29 is 43.0 Å². The van der Waals surface area contributed by atoms with Crippen LogP contribution in [0.3, 0.4) is 0 Å². The molecular weight excluding hydrogens is 609 g/mol. The molecule has 0 saturated carbocycles. The Morgan fingerprint density at radius 3 is 2.25 bits per heavy atom. The van der Waals surface area contributed by atoms with Crippen molar-refractivity contribution in [3.8, 4) is 0 Å². The van der Waals surface area contributed by atoms with Gasteiger partial charge in [0.15, 0.2) is 6.23 Å². The van der Waals surface area contributed by atoms with E-state index in [1.54, 1.807) is 6.92 Å². The number of carbonyl (C=O) groups is 1. The molecule has 4 heterocycles. The molecule has 244 valence electrons. The van der Waals surface area contributed by atoms with E-state index in [0.717, 1.165) is 4.57 Å². The van der Waals surface area contributed by atoms with E-state index in [0.29, 0.717) is 0 Å². The summed E-state index contributed by atoms with van der Waals surface area (Å²) in [7, 11) is -3.53. The van der Waals surface area contributed by atoms with E-state index in [1.165, 1.54) is 37.9 Å². The van der Waals surface area contributed by atoms with Crippen LogP contribution in [0.5, 0.6) is 0 Å². The molecule has 1 amide bonds. The molecule has 0 unspecified atom stereocenters. The van der Waals surface area contributed by atoms with Crippen molar-refractivity contribution in [1.82, 2.24) is 24.4 Å². The van der Waals surface area contributed by atoms with Gasteiger partial charge < -0.3 is 34.4 Å². The van der Waals surface area contributed by atoms with Crippen LogP contribution in [0.4, 0.5) is 0 Å². The van der Waals surface area contributed by atoms with Gasteiger partial charge in [-0.1, -0.05) is 6.92 Å². The number of phosphoric acid groups is 1. The van der Waals surface area contributed by atoms with Gasteiger partial charge in [0, 0.05) is 43.1 Å². The number of rotatable bonds is 11. The van der Waals surface area contributed by atoms with Gasteiger partial charge in [-0.25, -0.2) is 14.2 Å². The lowest BCUT2D eigenvalue weighted by molar-refractivity contribution is -0.126. The normalized spacial score (nSPS) is 27.8. The van der Waals surface area contributed by atoms with Gasteiger partial charge in [-0.2, -0.15) is 0 Å². The number of H-pyrrole nitrogens is 2. The number of nitrogens with zero attached hydrogens (tertiary/aromatic N) is 2. The molecule has 2 saturated heterocycles. The fourth-order valence-corrected chi connectivity index (χ4v) is 5.77. The molecule has 2 aromatic rings. The number of aliphatic hydroxyl groups excluding tert-OH is 1. The average molecular weight is 646 g/mol. The standard InChI is InChI=1S/C25H36N5O13P/c1-11(5-14-6-17(42-16(14)10-41-44(37,38)39)29-8-12(2)21(33)27-24(29)35)20(32)26-7-15-18(31)19(40-4)23(43-15)30-9-13(3)22(34)28-25(30)36/h8-9,11,14-19,23,31H,5-7,10H2,1-4H3,(H,26,32)(H,27,33,35)(H,28,34,36)(H2,37,38,39)/t11-,14-,15+,16+,17+,18+,19+,23+/m0/s1. The maximum Gasteiger partial charge on any atom is 0.469 e. The molecule has 8 atom stereocenters. The molecule has 2 fully saturated rings. The lowest BCUT2D eigenvalue weighted by atomic mass is 9.89. The summed E-state index contributed by atoms with van der Waals surface area (Å²) in [6.07, 6.45) is -3.13. The number of hydrogen-bond acceptors (Lipinski definition) is 11. The zero-order chi connectivity index (χ0) is 32.5. The second-order valence-electron chi connectivity index (χ2n) is 11.0. The molecule has 0 bridgehead atoms. The van der Waals surface area contributed by atoms with Crippen molar-refractivity contribution in [2.45, 2.75) is 70.5 Å². The molecule has 18 nitrogen and oxygen atoms in total. The van der Waals surface area contributed by atoms with Crippen molar-refractivity contribution in [3.05, 3.63) is 65.2 Å². The Balaban J connectivity index is 1.42. The fraction of sp³-hybridized carbons (Fsp3) is 0.640. The number of carbonyl (C=O) groups excluding carboxylic acids is 1. The summed E-state index contributed by atoms with van der Waals surface area (Å²) in [5.41, 5.74) is -2.12. The maximum atomic E-state index is 13.1. The molecule has 2 aliphatic heterocycles. The smallest absolute Gasteiger partial charge is 0.387 e. The number of nitrogens with one attached hydrogen (secondary N) is 3. The highest BCUT2D eigenvalue weighted by Gasteiger charge is 2.46. The summed E-state index contributed by atoms with van der Waals surface area (Å²) in [5.74, 6) is -1.60. The SMILES string of the molecule is CO[C@@H]1[C@H](O)[C@@H](CNC(=O)[C@@H](C)C[C@H]2C[C@H](n3cc(C)c(=O)[nH]c3=O)O[C@@H]2COP(=O)(O)O)O[C@H]1n1cc(C)c(=O)[nH]c1=O. The third-order valence-electron chi connectivity index (χ3n) is 7.81. The van der Waals surface area contributed by atoms with Gasteiger partial charge in [0.05, 0.1) is 12.7 Å². The van der Waals surface area contributed by atoms with Gasteiger partial charge in [0.1, 0.15) is 24.5 Å². The number of hydrogen-bond donors (Lipinski definition) is 6. The number of aromatic amines is 2. The van der Waals surface area contributed by atoms with Crippen LogP contribution in [0.2, 0.25) is 0 Å². The largest absolute Gasteiger partial charge is 0.469 e. The molecule has 6 N–H and O–H groups in total. The molecule has 19 heteroatoms. The quantitative estimate of drug-likeness (QED) is 0.147. The van der Waals surface area contributed by atoms with Crippen molar-refractivity contribution in [3.63, 3.8) is 0 Å². The summed E-state index contributed by atoms with van der Waals surface area (Å²) in [6, 6.07) is 0. The number of aliphatic hydroxyl groups is 1. The molecule has 0 radical (unpaired) electrons. The predicted molar refractivity (Wildman–Crippen MR) is 150 cm³/mol. The Morgan fingerprint density at radius 1 is 1.07 bits per heavy atom. The summed E-state index contributed by atoms with van der Waals surface area (Å²) >= 11 is 0. The van der Waals surface area contributed by atoms with E-state index in [-0.39, 0.29) is 30.5 Å². The Hall–Kier alpha value is -3.22. The Bertz CT molecular complexity index is 1640. The third kappa shape index (κ3) is 7.52. The number of amides is 1. The molecule has 2 aliphatic rings. The second-order valence-corrected chi connectivity index (χ2v) is 12.2. The minimum absolute atomic E-state index is 0.154. The van der Waals surface area contributed by atoms with Gasteiger partial charge in [0.2, 0.25) is 5.91 Å². The van der Waals surface area contributed by atoms with Crippen LogP contribution >= 0.6 is 7.82 Å². The van der Waals surface area contributed by atoms with Gasteiger partial charge in [-0.3, -0.25) is 38.0 Å². The maximum absolute atomic E-state index is 13.1. The van der Waals surface area contributed by atoms with E-state index in [2.05, 4.69) is 19.8 Å². The van der Waals surface area contributed by atoms with E-state index < -0.39 is 91.5 Å². The van der Waals surface area contributed by atoms with E-state index in [1.807, 2.05) is 0 Å². The molecule has 0 aromatic carbocycles. The first-order chi connectivity index (χ1) is 20.6. The monoisotopic (exact) mass is 645 g/mol. The van der Waals surface area contributed by atoms with Crippen LogP contribution in [0.25, 0.3) is 0 Å². The van der Waals surface area contributed by atoms with Gasteiger partial charge in [-0.15, -0.1) is 0 Å². The highest BCUT2D eigenvalue weighted by Crippen LogP contribution is 2.41. The van der Waals surface area contributed by atoms with Crippen molar-refractivity contribution >= 4 is 13.7 Å². The van der Waals surface area contributed by atoms with Crippen molar-refractivity contribution in [1.29, 1.82) is 0 Å². The predicted octanol–water partition coefficient (Wildman–Crippen LogP) is -1.87. The van der Waals surface area contributed by atoms with Crippen molar-refractivity contribution in [2.75, 3.05) is 20.3 Å². The third-order valence-corrected chi connectivity index (χ3v) is 8.30. The number of phosphoric ester groups is 1. The first kappa shape index (κ1) is 33.7. The highest BCUT2D eigenvalue weighted by molar-refractivity contribution is 7.46. The van der Waals surface area contributed by atoms with Gasteiger partial charge in [-0.05, 0) is 32.6 Å². The number of aryl methyl sites for hydroxylation is 2. The molecule has 0 aliphatic carbocycles. The lowest BCUT2D eigenvalue weighted by Gasteiger charge is -2.22. The second kappa shape index (κ2) is 13.4.